The number of hydrogen-bond donors (Lipinski definition) is 4. The predicted octanol–water partition coefficient (Wildman–Crippen LogP) is -1.30. The van der Waals surface area contributed by atoms with Crippen LogP contribution in [0.4, 0.5) is 5.69 Å². The lowest BCUT2D eigenvalue weighted by Gasteiger charge is -2.17. The Morgan fingerprint density at radius 3 is 2.56 bits per heavy atom. The molecular weight excluding hydrogens is 240 g/mol. The SMILES string of the molecule is NC(=O)C(O)C(O)c1cccc2c1C(=O)C(=O)N2. The maximum Gasteiger partial charge on any atom is 0.296 e. The maximum atomic E-state index is 11.6. The van der Waals surface area contributed by atoms with E-state index in [-0.39, 0.29) is 16.8 Å². The zero-order valence-corrected chi connectivity index (χ0v) is 9.08. The number of nitrogens with one attached hydrogen (secondary N) is 1. The van der Waals surface area contributed by atoms with Crippen LogP contribution < -0.4 is 11.1 Å². The largest absolute Gasteiger partial charge is 0.385 e. The summed E-state index contributed by atoms with van der Waals surface area (Å²) in [6, 6.07) is 4.29. The Labute approximate surface area is 101 Å². The molecule has 2 rings (SSSR count). The zero-order valence-electron chi connectivity index (χ0n) is 9.08. The quantitative estimate of drug-likeness (QED) is 0.495. The van der Waals surface area contributed by atoms with E-state index < -0.39 is 29.8 Å². The van der Waals surface area contributed by atoms with Gasteiger partial charge in [-0.05, 0) is 11.6 Å². The summed E-state index contributed by atoms with van der Waals surface area (Å²) >= 11 is 0. The van der Waals surface area contributed by atoms with E-state index in [1.54, 1.807) is 0 Å². The predicted molar refractivity (Wildman–Crippen MR) is 59.6 cm³/mol. The van der Waals surface area contributed by atoms with E-state index in [2.05, 4.69) is 5.32 Å². The third kappa shape index (κ3) is 1.75. The number of aliphatic hydroxyl groups is 2. The van der Waals surface area contributed by atoms with Crippen molar-refractivity contribution in [1.29, 1.82) is 0 Å². The molecule has 94 valence electrons. The van der Waals surface area contributed by atoms with E-state index in [9.17, 15) is 24.6 Å². The lowest BCUT2D eigenvalue weighted by atomic mass is 9.96. The third-order valence-corrected chi connectivity index (χ3v) is 2.69. The lowest BCUT2D eigenvalue weighted by molar-refractivity contribution is -0.132. The molecule has 0 radical (unpaired) electrons. The van der Waals surface area contributed by atoms with Crippen molar-refractivity contribution >= 4 is 23.3 Å². The molecule has 1 aliphatic rings. The molecular formula is C11H10N2O5. The second-order valence-corrected chi connectivity index (χ2v) is 3.85. The Bertz CT molecular complexity index is 554. The second-order valence-electron chi connectivity index (χ2n) is 3.85. The molecule has 2 amide bonds. The van der Waals surface area contributed by atoms with Crippen molar-refractivity contribution in [2.75, 3.05) is 5.32 Å². The molecule has 7 heteroatoms. The van der Waals surface area contributed by atoms with E-state index in [0.717, 1.165) is 0 Å². The summed E-state index contributed by atoms with van der Waals surface area (Å²) in [7, 11) is 0. The van der Waals surface area contributed by atoms with Crippen molar-refractivity contribution in [1.82, 2.24) is 0 Å². The number of nitrogens with two attached hydrogens (primary N) is 1. The van der Waals surface area contributed by atoms with Gasteiger partial charge in [0, 0.05) is 0 Å². The topological polar surface area (TPSA) is 130 Å². The number of carbonyl (C=O) groups is 3. The number of Topliss-reactive ketones (excluding diaryl/α,β-unsaturated/α-hetero) is 1. The summed E-state index contributed by atoms with van der Waals surface area (Å²) in [6.45, 7) is 0. The number of primary amides is 1. The van der Waals surface area contributed by atoms with Crippen molar-refractivity contribution in [2.24, 2.45) is 5.73 Å². The minimum atomic E-state index is -1.85. The molecule has 0 fully saturated rings. The molecule has 1 heterocycles. The van der Waals surface area contributed by atoms with Gasteiger partial charge in [0.15, 0.2) is 6.10 Å². The van der Waals surface area contributed by atoms with Crippen LogP contribution in [0.25, 0.3) is 0 Å². The Balaban J connectivity index is 2.49. The first-order valence-electron chi connectivity index (χ1n) is 5.07. The summed E-state index contributed by atoms with van der Waals surface area (Å²) in [5.74, 6) is -2.76. The zero-order chi connectivity index (χ0) is 13.4. The van der Waals surface area contributed by atoms with E-state index in [4.69, 9.17) is 5.73 Å². The van der Waals surface area contributed by atoms with Crippen LogP contribution in [-0.2, 0) is 9.59 Å². The molecule has 2 atom stereocenters. The van der Waals surface area contributed by atoms with Crippen LogP contribution in [0.1, 0.15) is 22.0 Å². The Kier molecular flexibility index (Phi) is 2.85. The summed E-state index contributed by atoms with van der Waals surface area (Å²) in [4.78, 5) is 33.6. The number of benzene rings is 1. The summed E-state index contributed by atoms with van der Waals surface area (Å²) in [5, 5.41) is 21.5. The Morgan fingerprint density at radius 2 is 1.94 bits per heavy atom. The number of amides is 2. The van der Waals surface area contributed by atoms with Gasteiger partial charge < -0.3 is 21.3 Å². The molecule has 0 bridgehead atoms. The van der Waals surface area contributed by atoms with Gasteiger partial charge in [0.05, 0.1) is 11.3 Å². The van der Waals surface area contributed by atoms with Crippen molar-refractivity contribution in [3.8, 4) is 0 Å². The van der Waals surface area contributed by atoms with Crippen LogP contribution in [0.2, 0.25) is 0 Å². The standard InChI is InChI=1S/C11H10N2O5/c12-10(17)9(16)7(14)4-2-1-3-5-6(4)8(15)11(18)13-5/h1-3,7,9,14,16H,(H2,12,17)(H,13,15,18). The van der Waals surface area contributed by atoms with Gasteiger partial charge in [0.25, 0.3) is 11.7 Å². The van der Waals surface area contributed by atoms with Gasteiger partial charge >= 0.3 is 0 Å². The number of hydrogen-bond acceptors (Lipinski definition) is 5. The minimum Gasteiger partial charge on any atom is -0.385 e. The van der Waals surface area contributed by atoms with Crippen LogP contribution in [0.5, 0.6) is 0 Å². The van der Waals surface area contributed by atoms with Gasteiger partial charge in [0.1, 0.15) is 6.10 Å². The van der Waals surface area contributed by atoms with Gasteiger partial charge in [-0.1, -0.05) is 12.1 Å². The smallest absolute Gasteiger partial charge is 0.296 e. The number of carbonyl (C=O) groups excluding carboxylic acids is 3. The van der Waals surface area contributed by atoms with Crippen molar-refractivity contribution in [3.63, 3.8) is 0 Å². The monoisotopic (exact) mass is 250 g/mol. The molecule has 2 unspecified atom stereocenters. The molecule has 5 N–H and O–H groups in total. The first-order valence-corrected chi connectivity index (χ1v) is 5.07. The highest BCUT2D eigenvalue weighted by atomic mass is 16.3. The molecule has 18 heavy (non-hydrogen) atoms. The minimum absolute atomic E-state index is 0.0119. The first-order chi connectivity index (χ1) is 8.43. The molecule has 1 aromatic rings. The molecule has 0 aromatic heterocycles. The van der Waals surface area contributed by atoms with Crippen LogP contribution >= 0.6 is 0 Å². The highest BCUT2D eigenvalue weighted by Gasteiger charge is 2.35. The fourth-order valence-corrected chi connectivity index (χ4v) is 1.79. The van der Waals surface area contributed by atoms with Crippen LogP contribution in [0, 0.1) is 0 Å². The lowest BCUT2D eigenvalue weighted by Crippen LogP contribution is -2.34. The van der Waals surface area contributed by atoms with Crippen LogP contribution in [-0.4, -0.2) is 33.9 Å². The number of anilines is 1. The molecule has 0 spiro atoms. The third-order valence-electron chi connectivity index (χ3n) is 2.69. The second kappa shape index (κ2) is 4.21. The van der Waals surface area contributed by atoms with E-state index in [1.807, 2.05) is 0 Å². The number of rotatable bonds is 3. The van der Waals surface area contributed by atoms with Gasteiger partial charge in [0.2, 0.25) is 5.91 Å². The number of ketones is 1. The molecule has 7 nitrogen and oxygen atoms in total. The highest BCUT2D eigenvalue weighted by molar-refractivity contribution is 6.52. The molecule has 1 aliphatic heterocycles. The summed E-state index contributed by atoms with van der Waals surface area (Å²) in [6.07, 6.45) is -3.51. The van der Waals surface area contributed by atoms with Gasteiger partial charge in [-0.25, -0.2) is 0 Å². The molecule has 1 aromatic carbocycles. The van der Waals surface area contributed by atoms with Gasteiger partial charge in [-0.2, -0.15) is 0 Å². The fourth-order valence-electron chi connectivity index (χ4n) is 1.79. The number of aliphatic hydroxyl groups excluding tert-OH is 2. The van der Waals surface area contributed by atoms with E-state index in [1.165, 1.54) is 18.2 Å². The fraction of sp³-hybridized carbons (Fsp3) is 0.182. The van der Waals surface area contributed by atoms with Gasteiger partial charge in [-0.3, -0.25) is 14.4 Å². The molecule has 0 aliphatic carbocycles. The van der Waals surface area contributed by atoms with Crippen molar-refractivity contribution in [2.45, 2.75) is 12.2 Å². The Hall–Kier alpha value is -2.25. The van der Waals surface area contributed by atoms with E-state index >= 15 is 0 Å². The molecule has 0 saturated heterocycles. The maximum absolute atomic E-state index is 11.6. The normalized spacial score (nSPS) is 17.0. The van der Waals surface area contributed by atoms with Crippen LogP contribution in [0.15, 0.2) is 18.2 Å². The molecule has 0 saturated carbocycles. The summed E-state index contributed by atoms with van der Waals surface area (Å²) < 4.78 is 0. The van der Waals surface area contributed by atoms with E-state index in [0.29, 0.717) is 0 Å². The first kappa shape index (κ1) is 12.2. The van der Waals surface area contributed by atoms with Crippen molar-refractivity contribution < 1.29 is 24.6 Å². The number of fused-ring (bicyclic) bond motifs is 1. The Morgan fingerprint density at radius 1 is 1.28 bits per heavy atom. The van der Waals surface area contributed by atoms with Crippen LogP contribution in [0.3, 0.4) is 0 Å². The average Bonchev–Trinajstić information content (AvgIpc) is 2.63. The summed E-state index contributed by atoms with van der Waals surface area (Å²) in [5.41, 5.74) is 5.04. The van der Waals surface area contributed by atoms with Crippen molar-refractivity contribution in [3.05, 3.63) is 29.3 Å². The highest BCUT2D eigenvalue weighted by Crippen LogP contribution is 2.31. The van der Waals surface area contributed by atoms with Gasteiger partial charge in [-0.15, -0.1) is 0 Å². The average molecular weight is 250 g/mol.